The quantitative estimate of drug-likeness (QED) is 0.697. The van der Waals surface area contributed by atoms with Crippen molar-refractivity contribution in [1.29, 1.82) is 0 Å². The lowest BCUT2D eigenvalue weighted by Gasteiger charge is -2.46. The van der Waals surface area contributed by atoms with Gasteiger partial charge in [0.15, 0.2) is 0 Å². The van der Waals surface area contributed by atoms with Gasteiger partial charge in [-0.25, -0.2) is 0 Å². The second-order valence-electron chi connectivity index (χ2n) is 6.71. The van der Waals surface area contributed by atoms with Gasteiger partial charge in [0.25, 0.3) is 0 Å². The minimum absolute atomic E-state index is 0.120. The highest BCUT2D eigenvalue weighted by Gasteiger charge is 2.43. The molecule has 1 nitrogen and oxygen atoms in total. The summed E-state index contributed by atoms with van der Waals surface area (Å²) in [5, 5.41) is 0. The summed E-state index contributed by atoms with van der Waals surface area (Å²) in [5.41, 5.74) is 12.0. The van der Waals surface area contributed by atoms with Crippen LogP contribution in [0.3, 0.4) is 0 Å². The number of allylic oxidation sites excluding steroid dienone is 10. The molecular weight excluding hydrogens is 230 g/mol. The van der Waals surface area contributed by atoms with Crippen molar-refractivity contribution < 1.29 is 0 Å². The van der Waals surface area contributed by atoms with E-state index in [4.69, 9.17) is 5.73 Å². The van der Waals surface area contributed by atoms with Crippen molar-refractivity contribution in [1.82, 2.24) is 0 Å². The summed E-state index contributed by atoms with van der Waals surface area (Å²) in [4.78, 5) is 0. The number of hydrogen-bond acceptors (Lipinski definition) is 1. The zero-order valence-electron chi connectivity index (χ0n) is 11.5. The van der Waals surface area contributed by atoms with E-state index in [-0.39, 0.29) is 11.0 Å². The van der Waals surface area contributed by atoms with Crippen LogP contribution < -0.4 is 5.73 Å². The van der Waals surface area contributed by atoms with Gasteiger partial charge < -0.3 is 5.73 Å². The van der Waals surface area contributed by atoms with Crippen LogP contribution in [0.5, 0.6) is 0 Å². The molecule has 3 unspecified atom stereocenters. The SMILES string of the molecule is CC1(N)C=C2C=CC3=CC=CC4(C)C=CC(=C2C34)C1. The Balaban J connectivity index is 1.99. The fraction of sp³-hybridized carbons (Fsp3) is 0.333. The molecule has 4 rings (SSSR count). The highest BCUT2D eigenvalue weighted by molar-refractivity contribution is 5.64. The monoisotopic (exact) mass is 249 g/mol. The molecule has 0 fully saturated rings. The summed E-state index contributed by atoms with van der Waals surface area (Å²) < 4.78 is 0. The van der Waals surface area contributed by atoms with E-state index < -0.39 is 0 Å². The largest absolute Gasteiger partial charge is 0.322 e. The van der Waals surface area contributed by atoms with Crippen LogP contribution in [0.25, 0.3) is 0 Å². The minimum Gasteiger partial charge on any atom is -0.322 e. The smallest absolute Gasteiger partial charge is 0.0360 e. The van der Waals surface area contributed by atoms with E-state index in [1.54, 1.807) is 0 Å². The van der Waals surface area contributed by atoms with Gasteiger partial charge in [-0.05, 0) is 35.6 Å². The molecule has 0 radical (unpaired) electrons. The predicted molar refractivity (Wildman–Crippen MR) is 79.4 cm³/mol. The molecule has 0 saturated heterocycles. The molecule has 0 saturated carbocycles. The van der Waals surface area contributed by atoms with Crippen LogP contribution in [0.1, 0.15) is 20.3 Å². The predicted octanol–water partition coefficient (Wildman–Crippen LogP) is 3.59. The highest BCUT2D eigenvalue weighted by atomic mass is 14.7. The Morgan fingerprint density at radius 2 is 2.00 bits per heavy atom. The summed E-state index contributed by atoms with van der Waals surface area (Å²) in [7, 11) is 0. The third-order valence-electron chi connectivity index (χ3n) is 4.80. The minimum atomic E-state index is -0.220. The molecule has 2 N–H and O–H groups in total. The van der Waals surface area contributed by atoms with Gasteiger partial charge in [-0.1, -0.05) is 55.5 Å². The Morgan fingerprint density at radius 3 is 2.84 bits per heavy atom. The second-order valence-corrected chi connectivity index (χ2v) is 6.71. The summed E-state index contributed by atoms with van der Waals surface area (Å²) in [5.74, 6) is 0.477. The van der Waals surface area contributed by atoms with Gasteiger partial charge in [0, 0.05) is 16.9 Å². The van der Waals surface area contributed by atoms with Gasteiger partial charge in [0.1, 0.15) is 0 Å². The van der Waals surface area contributed by atoms with Gasteiger partial charge in [-0.2, -0.15) is 0 Å². The Bertz CT molecular complexity index is 649. The summed E-state index contributed by atoms with van der Waals surface area (Å²) in [6, 6.07) is 0. The summed E-state index contributed by atoms with van der Waals surface area (Å²) in [6.45, 7) is 4.44. The molecule has 0 aliphatic heterocycles. The summed E-state index contributed by atoms with van der Waals surface area (Å²) in [6.07, 6.45) is 19.1. The van der Waals surface area contributed by atoms with Crippen molar-refractivity contribution in [2.45, 2.75) is 25.8 Å². The van der Waals surface area contributed by atoms with Gasteiger partial charge in [0.05, 0.1) is 0 Å². The average molecular weight is 249 g/mol. The fourth-order valence-electron chi connectivity index (χ4n) is 3.98. The van der Waals surface area contributed by atoms with Crippen LogP contribution in [0, 0.1) is 11.3 Å². The molecule has 1 heteroatoms. The lowest BCUT2D eigenvalue weighted by molar-refractivity contribution is 0.407. The molecule has 0 heterocycles. The van der Waals surface area contributed by atoms with Gasteiger partial charge in [-0.3, -0.25) is 0 Å². The number of nitrogens with two attached hydrogens (primary N) is 1. The maximum atomic E-state index is 6.36. The van der Waals surface area contributed by atoms with Crippen LogP contribution in [-0.4, -0.2) is 5.54 Å². The first-order chi connectivity index (χ1) is 8.99. The average Bonchev–Trinajstić information content (AvgIpc) is 2.34. The van der Waals surface area contributed by atoms with Crippen LogP contribution in [0.2, 0.25) is 0 Å². The van der Waals surface area contributed by atoms with Crippen LogP contribution >= 0.6 is 0 Å². The molecule has 96 valence electrons. The Morgan fingerprint density at radius 1 is 1.16 bits per heavy atom. The Hall–Kier alpha value is -1.60. The van der Waals surface area contributed by atoms with Crippen molar-refractivity contribution in [3.63, 3.8) is 0 Å². The van der Waals surface area contributed by atoms with Gasteiger partial charge in [-0.15, -0.1) is 0 Å². The molecule has 0 aromatic carbocycles. The molecular formula is C18H19N. The lowest BCUT2D eigenvalue weighted by atomic mass is 9.58. The molecule has 4 aliphatic rings. The molecule has 0 aromatic rings. The molecule has 3 atom stereocenters. The van der Waals surface area contributed by atoms with Crippen LogP contribution in [0.4, 0.5) is 0 Å². The Kier molecular flexibility index (Phi) is 1.95. The first kappa shape index (κ1) is 11.2. The second kappa shape index (κ2) is 3.29. The van der Waals surface area contributed by atoms with Crippen molar-refractivity contribution in [2.75, 3.05) is 0 Å². The van der Waals surface area contributed by atoms with E-state index in [9.17, 15) is 0 Å². The first-order valence-corrected chi connectivity index (χ1v) is 7.00. The van der Waals surface area contributed by atoms with E-state index in [0.29, 0.717) is 5.92 Å². The van der Waals surface area contributed by atoms with Crippen molar-refractivity contribution in [3.05, 3.63) is 70.9 Å². The van der Waals surface area contributed by atoms with Crippen molar-refractivity contribution >= 4 is 0 Å². The molecule has 0 aromatic heterocycles. The van der Waals surface area contributed by atoms with E-state index in [0.717, 1.165) is 6.42 Å². The van der Waals surface area contributed by atoms with E-state index >= 15 is 0 Å². The zero-order chi connectivity index (χ0) is 13.3. The molecule has 0 bridgehead atoms. The van der Waals surface area contributed by atoms with Crippen LogP contribution in [-0.2, 0) is 0 Å². The highest BCUT2D eigenvalue weighted by Crippen LogP contribution is 2.54. The zero-order valence-corrected chi connectivity index (χ0v) is 11.5. The molecule has 0 amide bonds. The van der Waals surface area contributed by atoms with Gasteiger partial charge >= 0.3 is 0 Å². The van der Waals surface area contributed by atoms with Gasteiger partial charge in [0.2, 0.25) is 0 Å². The standard InChI is InChI=1S/C18H19N/c1-17-8-3-4-12-5-6-13-10-18(2,19)11-14(7-9-17)15(13)16(12)17/h3-10,16H,11,19H2,1-2H3. The van der Waals surface area contributed by atoms with Crippen molar-refractivity contribution in [2.24, 2.45) is 17.1 Å². The summed E-state index contributed by atoms with van der Waals surface area (Å²) >= 11 is 0. The third kappa shape index (κ3) is 1.45. The maximum Gasteiger partial charge on any atom is 0.0360 e. The number of hydrogen-bond donors (Lipinski definition) is 1. The van der Waals surface area contributed by atoms with E-state index in [2.05, 4.69) is 62.5 Å². The van der Waals surface area contributed by atoms with E-state index in [1.165, 1.54) is 22.3 Å². The fourth-order valence-corrected chi connectivity index (χ4v) is 3.98. The Labute approximate surface area is 114 Å². The molecule has 4 aliphatic carbocycles. The van der Waals surface area contributed by atoms with Crippen LogP contribution in [0.15, 0.2) is 70.9 Å². The first-order valence-electron chi connectivity index (χ1n) is 7.00. The lowest BCUT2D eigenvalue weighted by Crippen LogP contribution is -2.41. The maximum absolute atomic E-state index is 6.36. The number of rotatable bonds is 0. The topological polar surface area (TPSA) is 26.0 Å². The third-order valence-corrected chi connectivity index (χ3v) is 4.80. The van der Waals surface area contributed by atoms with E-state index in [1.807, 2.05) is 0 Å². The molecule has 19 heavy (non-hydrogen) atoms. The molecule has 0 spiro atoms. The van der Waals surface area contributed by atoms with Crippen molar-refractivity contribution in [3.8, 4) is 0 Å². The normalized spacial score (nSPS) is 41.9.